The van der Waals surface area contributed by atoms with Crippen molar-refractivity contribution in [2.24, 2.45) is 0 Å². The molecule has 7 heteroatoms. The molecule has 92 valence electrons. The number of aromatic nitrogens is 2. The standard InChI is InChI=1S/C10H14N4O3/c1-6(9(15)16)13-10(17)12-5-8-3-4-11-7(2)14-8/h3-4,6H,5H2,1-2H3,(H,15,16)(H2,12,13,17)/t6-/m1/s1. The monoisotopic (exact) mass is 238 g/mol. The van der Waals surface area contributed by atoms with Gasteiger partial charge in [-0.2, -0.15) is 0 Å². The number of urea groups is 1. The lowest BCUT2D eigenvalue weighted by molar-refractivity contribution is -0.138. The molecule has 17 heavy (non-hydrogen) atoms. The molecule has 1 aromatic rings. The van der Waals surface area contributed by atoms with Gasteiger partial charge in [0, 0.05) is 6.20 Å². The zero-order valence-electron chi connectivity index (χ0n) is 9.60. The second kappa shape index (κ2) is 5.78. The smallest absolute Gasteiger partial charge is 0.325 e. The number of rotatable bonds is 4. The van der Waals surface area contributed by atoms with E-state index in [-0.39, 0.29) is 6.54 Å². The van der Waals surface area contributed by atoms with E-state index in [2.05, 4.69) is 20.6 Å². The molecule has 1 rings (SSSR count). The number of aliphatic carboxylic acids is 1. The van der Waals surface area contributed by atoms with Crippen LogP contribution in [0.25, 0.3) is 0 Å². The number of hydrogen-bond donors (Lipinski definition) is 3. The Kier molecular flexibility index (Phi) is 4.38. The molecule has 0 aliphatic rings. The molecule has 0 fully saturated rings. The minimum Gasteiger partial charge on any atom is -0.480 e. The SMILES string of the molecule is Cc1nccc(CNC(=O)N[C@H](C)C(=O)O)n1. The fourth-order valence-corrected chi connectivity index (χ4v) is 1.08. The third-order valence-electron chi connectivity index (χ3n) is 1.98. The first-order valence-electron chi connectivity index (χ1n) is 5.04. The van der Waals surface area contributed by atoms with Crippen LogP contribution in [-0.4, -0.2) is 33.1 Å². The van der Waals surface area contributed by atoms with Gasteiger partial charge >= 0.3 is 12.0 Å². The molecule has 0 aromatic carbocycles. The maximum absolute atomic E-state index is 11.3. The Hall–Kier alpha value is -2.18. The summed E-state index contributed by atoms with van der Waals surface area (Å²) >= 11 is 0. The van der Waals surface area contributed by atoms with Crippen molar-refractivity contribution in [3.63, 3.8) is 0 Å². The van der Waals surface area contributed by atoms with E-state index in [1.807, 2.05) is 0 Å². The van der Waals surface area contributed by atoms with Gasteiger partial charge in [-0.3, -0.25) is 4.79 Å². The van der Waals surface area contributed by atoms with Gasteiger partial charge in [0.15, 0.2) is 0 Å². The van der Waals surface area contributed by atoms with Crippen molar-refractivity contribution >= 4 is 12.0 Å². The van der Waals surface area contributed by atoms with Gasteiger partial charge in [-0.1, -0.05) is 0 Å². The summed E-state index contributed by atoms with van der Waals surface area (Å²) in [5.41, 5.74) is 0.663. The average molecular weight is 238 g/mol. The lowest BCUT2D eigenvalue weighted by Gasteiger charge is -2.10. The molecule has 0 radical (unpaired) electrons. The minimum atomic E-state index is -1.09. The third-order valence-corrected chi connectivity index (χ3v) is 1.98. The number of carboxylic acid groups (broad SMARTS) is 1. The number of nitrogens with one attached hydrogen (secondary N) is 2. The maximum atomic E-state index is 11.3. The minimum absolute atomic E-state index is 0.224. The Bertz CT molecular complexity index is 422. The number of carbonyl (C=O) groups excluding carboxylic acids is 1. The second-order valence-corrected chi connectivity index (χ2v) is 3.48. The molecule has 0 saturated heterocycles. The van der Waals surface area contributed by atoms with E-state index in [0.717, 1.165) is 0 Å². The predicted octanol–water partition coefficient (Wildman–Crippen LogP) is 0.0573. The normalized spacial score (nSPS) is 11.6. The van der Waals surface area contributed by atoms with Crippen molar-refractivity contribution in [3.05, 3.63) is 23.8 Å². The van der Waals surface area contributed by atoms with Crippen LogP contribution in [0.4, 0.5) is 4.79 Å². The molecule has 2 amide bonds. The Balaban J connectivity index is 2.41. The quantitative estimate of drug-likeness (QED) is 0.688. The first kappa shape index (κ1) is 12.9. The van der Waals surface area contributed by atoms with Gasteiger partial charge in [-0.05, 0) is 19.9 Å². The van der Waals surface area contributed by atoms with Crippen LogP contribution in [0.1, 0.15) is 18.4 Å². The Morgan fingerprint density at radius 3 is 2.82 bits per heavy atom. The molecule has 0 saturated carbocycles. The van der Waals surface area contributed by atoms with Gasteiger partial charge in [-0.15, -0.1) is 0 Å². The first-order valence-corrected chi connectivity index (χ1v) is 5.04. The number of nitrogens with zero attached hydrogens (tertiary/aromatic N) is 2. The van der Waals surface area contributed by atoms with Crippen LogP contribution in [0.5, 0.6) is 0 Å². The van der Waals surface area contributed by atoms with Crippen LogP contribution in [0.2, 0.25) is 0 Å². The van der Waals surface area contributed by atoms with Gasteiger partial charge in [0.1, 0.15) is 11.9 Å². The van der Waals surface area contributed by atoms with Gasteiger partial charge < -0.3 is 15.7 Å². The van der Waals surface area contributed by atoms with E-state index < -0.39 is 18.0 Å². The van der Waals surface area contributed by atoms with E-state index >= 15 is 0 Å². The summed E-state index contributed by atoms with van der Waals surface area (Å²) in [4.78, 5) is 29.8. The predicted molar refractivity (Wildman–Crippen MR) is 59.2 cm³/mol. The van der Waals surface area contributed by atoms with Crippen LogP contribution in [0, 0.1) is 6.92 Å². The zero-order chi connectivity index (χ0) is 12.8. The van der Waals surface area contributed by atoms with Crippen LogP contribution in [0.15, 0.2) is 12.3 Å². The summed E-state index contributed by atoms with van der Waals surface area (Å²) < 4.78 is 0. The van der Waals surface area contributed by atoms with E-state index in [4.69, 9.17) is 5.11 Å². The summed E-state index contributed by atoms with van der Waals surface area (Å²) in [7, 11) is 0. The lowest BCUT2D eigenvalue weighted by Crippen LogP contribution is -2.44. The van der Waals surface area contributed by atoms with E-state index in [1.54, 1.807) is 19.2 Å². The zero-order valence-corrected chi connectivity index (χ0v) is 9.60. The fourth-order valence-electron chi connectivity index (χ4n) is 1.08. The van der Waals surface area contributed by atoms with Crippen molar-refractivity contribution in [2.45, 2.75) is 26.4 Å². The average Bonchev–Trinajstić information content (AvgIpc) is 2.26. The van der Waals surface area contributed by atoms with Crippen molar-refractivity contribution in [1.82, 2.24) is 20.6 Å². The summed E-state index contributed by atoms with van der Waals surface area (Å²) in [6.07, 6.45) is 1.59. The Labute approximate surface area is 98.3 Å². The fraction of sp³-hybridized carbons (Fsp3) is 0.400. The molecular formula is C10H14N4O3. The van der Waals surface area contributed by atoms with Crippen molar-refractivity contribution in [1.29, 1.82) is 0 Å². The van der Waals surface area contributed by atoms with Crippen LogP contribution in [0.3, 0.4) is 0 Å². The summed E-state index contributed by atoms with van der Waals surface area (Å²) in [6, 6.07) is 0.201. The number of hydrogen-bond acceptors (Lipinski definition) is 4. The molecule has 1 atom stereocenters. The number of carboxylic acids is 1. The van der Waals surface area contributed by atoms with Crippen molar-refractivity contribution in [2.75, 3.05) is 0 Å². The third kappa shape index (κ3) is 4.45. The second-order valence-electron chi connectivity index (χ2n) is 3.48. The molecule has 0 bridgehead atoms. The molecule has 0 spiro atoms. The van der Waals surface area contributed by atoms with E-state index in [9.17, 15) is 9.59 Å². The molecule has 0 aliphatic heterocycles. The molecule has 0 unspecified atom stereocenters. The first-order chi connectivity index (χ1) is 7.99. The van der Waals surface area contributed by atoms with Gasteiger partial charge in [0.05, 0.1) is 12.2 Å². The van der Waals surface area contributed by atoms with Crippen LogP contribution < -0.4 is 10.6 Å². The van der Waals surface area contributed by atoms with E-state index in [0.29, 0.717) is 11.5 Å². The molecule has 7 nitrogen and oxygen atoms in total. The van der Waals surface area contributed by atoms with Crippen molar-refractivity contribution < 1.29 is 14.7 Å². The lowest BCUT2D eigenvalue weighted by atomic mass is 10.3. The Morgan fingerprint density at radius 1 is 1.53 bits per heavy atom. The summed E-state index contributed by atoms with van der Waals surface area (Å²) in [5.74, 6) is -0.471. The number of amides is 2. The highest BCUT2D eigenvalue weighted by Crippen LogP contribution is 1.93. The topological polar surface area (TPSA) is 104 Å². The molecule has 1 aromatic heterocycles. The number of aryl methyl sites for hydroxylation is 1. The van der Waals surface area contributed by atoms with Crippen LogP contribution >= 0.6 is 0 Å². The molecule has 0 aliphatic carbocycles. The Morgan fingerprint density at radius 2 is 2.24 bits per heavy atom. The van der Waals surface area contributed by atoms with Crippen LogP contribution in [-0.2, 0) is 11.3 Å². The summed E-state index contributed by atoms with van der Waals surface area (Å²) in [5, 5.41) is 13.4. The molecule has 1 heterocycles. The largest absolute Gasteiger partial charge is 0.480 e. The highest BCUT2D eigenvalue weighted by atomic mass is 16.4. The van der Waals surface area contributed by atoms with E-state index in [1.165, 1.54) is 6.92 Å². The van der Waals surface area contributed by atoms with Gasteiger partial charge in [-0.25, -0.2) is 14.8 Å². The van der Waals surface area contributed by atoms with Crippen molar-refractivity contribution in [3.8, 4) is 0 Å². The highest BCUT2D eigenvalue weighted by Gasteiger charge is 2.13. The summed E-state index contributed by atoms with van der Waals surface area (Å²) in [6.45, 7) is 3.36. The highest BCUT2D eigenvalue weighted by molar-refractivity contribution is 5.82. The van der Waals surface area contributed by atoms with Gasteiger partial charge in [0.25, 0.3) is 0 Å². The molecular weight excluding hydrogens is 224 g/mol. The van der Waals surface area contributed by atoms with Gasteiger partial charge in [0.2, 0.25) is 0 Å². The molecule has 3 N–H and O–H groups in total. The number of carbonyl (C=O) groups is 2. The maximum Gasteiger partial charge on any atom is 0.325 e.